The van der Waals surface area contributed by atoms with E-state index in [9.17, 15) is 0 Å². The Balaban J connectivity index is 1.55. The highest BCUT2D eigenvalue weighted by atomic mass is 16.7. The third-order valence-corrected chi connectivity index (χ3v) is 5.68. The summed E-state index contributed by atoms with van der Waals surface area (Å²) >= 11 is 0. The molecule has 2 aromatic rings. The van der Waals surface area contributed by atoms with Crippen molar-refractivity contribution < 1.29 is 4.84 Å². The standard InChI is InChI=1S/C18H25N7O/c1-23-17-15(12-20-23)16-6-7-19-18(22-16)21-13-2-4-14(5-3-13)26-25-10-8-24(17)9-11-25/h6-7,12-14H,2-5,8-11H2,1H3,(H,19,21,22). The zero-order valence-electron chi connectivity index (χ0n) is 15.1. The molecule has 6 heterocycles. The van der Waals surface area contributed by atoms with Crippen molar-refractivity contribution in [2.45, 2.75) is 37.8 Å². The molecule has 0 aromatic carbocycles. The molecule has 6 bridgehead atoms. The summed E-state index contributed by atoms with van der Waals surface area (Å²) in [5, 5.41) is 10.2. The van der Waals surface area contributed by atoms with Gasteiger partial charge in [-0.2, -0.15) is 10.2 Å². The summed E-state index contributed by atoms with van der Waals surface area (Å²) in [6, 6.07) is 2.39. The summed E-state index contributed by atoms with van der Waals surface area (Å²) in [5.74, 6) is 1.83. The summed E-state index contributed by atoms with van der Waals surface area (Å²) in [6.45, 7) is 3.69. The molecule has 8 nitrogen and oxygen atoms in total. The lowest BCUT2D eigenvalue weighted by Crippen LogP contribution is -2.48. The minimum atomic E-state index is 0.337. The molecule has 2 aromatic heterocycles. The number of hydrogen-bond donors (Lipinski definition) is 1. The Bertz CT molecular complexity index is 776. The van der Waals surface area contributed by atoms with E-state index in [1.807, 2.05) is 30.2 Å². The van der Waals surface area contributed by atoms with Crippen molar-refractivity contribution >= 4 is 11.8 Å². The predicted octanol–water partition coefficient (Wildman–Crippen LogP) is 1.67. The molecule has 4 aliphatic heterocycles. The van der Waals surface area contributed by atoms with Gasteiger partial charge in [-0.3, -0.25) is 9.52 Å². The Morgan fingerprint density at radius 3 is 2.73 bits per heavy atom. The molecule has 138 valence electrons. The van der Waals surface area contributed by atoms with Crippen molar-refractivity contribution in [2.24, 2.45) is 7.05 Å². The number of aryl methyl sites for hydroxylation is 1. The van der Waals surface area contributed by atoms with Crippen LogP contribution in [0.15, 0.2) is 18.5 Å². The van der Waals surface area contributed by atoms with Gasteiger partial charge in [0.05, 0.1) is 23.6 Å². The van der Waals surface area contributed by atoms with Gasteiger partial charge in [0.15, 0.2) is 0 Å². The van der Waals surface area contributed by atoms with Crippen LogP contribution in [-0.2, 0) is 11.9 Å². The molecular weight excluding hydrogens is 330 g/mol. The fraction of sp³-hybridized carbons (Fsp3) is 0.611. The van der Waals surface area contributed by atoms with Crippen LogP contribution in [0.1, 0.15) is 25.7 Å². The van der Waals surface area contributed by atoms with E-state index >= 15 is 0 Å². The summed E-state index contributed by atoms with van der Waals surface area (Å²) in [5.41, 5.74) is 1.99. The molecule has 1 saturated heterocycles. The quantitative estimate of drug-likeness (QED) is 0.771. The van der Waals surface area contributed by atoms with Gasteiger partial charge < -0.3 is 10.2 Å². The normalized spacial score (nSPS) is 28.2. The molecule has 1 aliphatic carbocycles. The Morgan fingerprint density at radius 1 is 1.12 bits per heavy atom. The molecule has 0 amide bonds. The van der Waals surface area contributed by atoms with Crippen LogP contribution in [0.3, 0.4) is 0 Å². The highest BCUT2D eigenvalue weighted by Crippen LogP contribution is 2.31. The topological polar surface area (TPSA) is 71.3 Å². The van der Waals surface area contributed by atoms with Crippen LogP contribution in [0, 0.1) is 0 Å². The zero-order chi connectivity index (χ0) is 17.5. The van der Waals surface area contributed by atoms with Gasteiger partial charge in [0, 0.05) is 45.5 Å². The zero-order valence-corrected chi connectivity index (χ0v) is 15.1. The van der Waals surface area contributed by atoms with Gasteiger partial charge in [0.1, 0.15) is 5.82 Å². The molecule has 8 heteroatoms. The first-order chi connectivity index (χ1) is 12.8. The average Bonchev–Trinajstić information content (AvgIpc) is 3.05. The van der Waals surface area contributed by atoms with Crippen molar-refractivity contribution in [3.8, 4) is 11.3 Å². The highest BCUT2D eigenvalue weighted by Gasteiger charge is 2.28. The fourth-order valence-electron chi connectivity index (χ4n) is 4.28. The van der Waals surface area contributed by atoms with Gasteiger partial charge in [-0.05, 0) is 31.7 Å². The van der Waals surface area contributed by atoms with E-state index < -0.39 is 0 Å². The van der Waals surface area contributed by atoms with Crippen LogP contribution in [0.4, 0.5) is 11.8 Å². The van der Waals surface area contributed by atoms with E-state index in [4.69, 9.17) is 9.82 Å². The smallest absolute Gasteiger partial charge is 0.223 e. The Labute approximate surface area is 153 Å². The number of nitrogens with zero attached hydrogens (tertiary/aromatic N) is 6. The molecule has 0 atom stereocenters. The molecule has 0 spiro atoms. The minimum absolute atomic E-state index is 0.337. The van der Waals surface area contributed by atoms with Crippen molar-refractivity contribution in [1.82, 2.24) is 24.8 Å². The maximum absolute atomic E-state index is 6.27. The summed E-state index contributed by atoms with van der Waals surface area (Å²) in [7, 11) is 2.00. The molecule has 2 fully saturated rings. The summed E-state index contributed by atoms with van der Waals surface area (Å²) < 4.78 is 1.95. The number of anilines is 2. The van der Waals surface area contributed by atoms with E-state index in [-0.39, 0.29) is 0 Å². The third-order valence-electron chi connectivity index (χ3n) is 5.68. The van der Waals surface area contributed by atoms with Gasteiger partial charge in [0.2, 0.25) is 5.95 Å². The number of hydroxylamine groups is 2. The Kier molecular flexibility index (Phi) is 4.01. The molecule has 7 rings (SSSR count). The van der Waals surface area contributed by atoms with E-state index in [1.54, 1.807) is 0 Å². The van der Waals surface area contributed by atoms with Crippen molar-refractivity contribution in [1.29, 1.82) is 0 Å². The van der Waals surface area contributed by atoms with E-state index in [0.29, 0.717) is 18.1 Å². The number of rotatable bonds is 0. The highest BCUT2D eigenvalue weighted by molar-refractivity contribution is 5.73. The van der Waals surface area contributed by atoms with Crippen LogP contribution in [0.5, 0.6) is 0 Å². The maximum Gasteiger partial charge on any atom is 0.223 e. The fourth-order valence-corrected chi connectivity index (χ4v) is 4.28. The van der Waals surface area contributed by atoms with Gasteiger partial charge >= 0.3 is 0 Å². The molecule has 1 N–H and O–H groups in total. The third kappa shape index (κ3) is 2.93. The Morgan fingerprint density at radius 2 is 1.92 bits per heavy atom. The second-order valence-corrected chi connectivity index (χ2v) is 7.41. The number of piperazine rings is 1. The minimum Gasteiger partial charge on any atom is -0.354 e. The molecular formula is C18H25N7O. The number of aromatic nitrogens is 4. The van der Waals surface area contributed by atoms with E-state index in [1.165, 1.54) is 0 Å². The SMILES string of the molecule is Cn1ncc2c1N1CCN(CC1)OC1CCC(CC1)Nc1nccc-2n1. The van der Waals surface area contributed by atoms with Crippen LogP contribution in [-0.4, -0.2) is 63.1 Å². The van der Waals surface area contributed by atoms with Crippen LogP contribution in [0.2, 0.25) is 0 Å². The van der Waals surface area contributed by atoms with Gasteiger partial charge in [-0.1, -0.05) is 0 Å². The lowest BCUT2D eigenvalue weighted by molar-refractivity contribution is -0.207. The predicted molar refractivity (Wildman–Crippen MR) is 98.8 cm³/mol. The lowest BCUT2D eigenvalue weighted by atomic mass is 9.93. The first-order valence-electron chi connectivity index (χ1n) is 9.55. The molecule has 0 radical (unpaired) electrons. The number of nitrogens with one attached hydrogen (secondary N) is 1. The number of fused-ring (bicyclic) bond motifs is 2. The molecule has 5 aliphatic rings. The van der Waals surface area contributed by atoms with Crippen LogP contribution >= 0.6 is 0 Å². The monoisotopic (exact) mass is 355 g/mol. The van der Waals surface area contributed by atoms with Gasteiger partial charge in [0.25, 0.3) is 0 Å². The van der Waals surface area contributed by atoms with Gasteiger partial charge in [-0.15, -0.1) is 0 Å². The molecule has 0 unspecified atom stereocenters. The molecule has 26 heavy (non-hydrogen) atoms. The summed E-state index contributed by atoms with van der Waals surface area (Å²) in [6.07, 6.45) is 8.44. The van der Waals surface area contributed by atoms with Crippen molar-refractivity contribution in [3.63, 3.8) is 0 Å². The van der Waals surface area contributed by atoms with E-state index in [0.717, 1.165) is 68.9 Å². The van der Waals surface area contributed by atoms with Crippen LogP contribution < -0.4 is 10.2 Å². The maximum atomic E-state index is 6.27. The van der Waals surface area contributed by atoms with Crippen molar-refractivity contribution in [2.75, 3.05) is 36.4 Å². The Hall–Kier alpha value is -2.19. The van der Waals surface area contributed by atoms with E-state index in [2.05, 4.69) is 25.4 Å². The average molecular weight is 355 g/mol. The first-order valence-corrected chi connectivity index (χ1v) is 9.55. The second kappa shape index (κ2) is 6.51. The summed E-state index contributed by atoms with van der Waals surface area (Å²) in [4.78, 5) is 17.9. The molecule has 1 saturated carbocycles. The first kappa shape index (κ1) is 16.0. The van der Waals surface area contributed by atoms with Crippen molar-refractivity contribution in [3.05, 3.63) is 18.5 Å². The van der Waals surface area contributed by atoms with Crippen LogP contribution in [0.25, 0.3) is 11.3 Å². The number of hydrogen-bond acceptors (Lipinski definition) is 7. The largest absolute Gasteiger partial charge is 0.354 e. The lowest BCUT2D eigenvalue weighted by Gasteiger charge is -2.38. The van der Waals surface area contributed by atoms with Gasteiger partial charge in [-0.25, -0.2) is 9.97 Å². The second-order valence-electron chi connectivity index (χ2n) is 7.41.